The first-order chi connectivity index (χ1) is 8.35. The number of nitrogens with zero attached hydrogens (tertiary/aromatic N) is 1. The van der Waals surface area contributed by atoms with Crippen LogP contribution in [0.4, 0.5) is 5.69 Å². The average Bonchev–Trinajstić information content (AvgIpc) is 2.66. The van der Waals surface area contributed by atoms with Gasteiger partial charge in [-0.25, -0.2) is 0 Å². The monoisotopic (exact) mass is 272 g/mol. The van der Waals surface area contributed by atoms with Crippen molar-refractivity contribution in [2.24, 2.45) is 0 Å². The van der Waals surface area contributed by atoms with Crippen LogP contribution >= 0.6 is 12.4 Å². The zero-order valence-electron chi connectivity index (χ0n) is 10.9. The SMILES string of the molecule is COc1ccc(N2CCCNCC2)c(OC)c1.Cl. The number of halogens is 1. The molecule has 0 spiro atoms. The molecule has 0 unspecified atom stereocenters. The van der Waals surface area contributed by atoms with Crippen LogP contribution in [-0.4, -0.2) is 40.4 Å². The molecule has 0 amide bonds. The molecule has 1 aliphatic heterocycles. The van der Waals surface area contributed by atoms with Crippen molar-refractivity contribution in [3.05, 3.63) is 18.2 Å². The van der Waals surface area contributed by atoms with Gasteiger partial charge in [-0.2, -0.15) is 0 Å². The standard InChI is InChI=1S/C13H20N2O2.ClH/c1-16-11-4-5-12(13(10-11)17-2)15-8-3-6-14-7-9-15;/h4-5,10,14H,3,6-9H2,1-2H3;1H. The number of methoxy groups -OCH3 is 2. The van der Waals surface area contributed by atoms with Gasteiger partial charge >= 0.3 is 0 Å². The molecule has 1 aromatic rings. The van der Waals surface area contributed by atoms with Gasteiger partial charge in [-0.1, -0.05) is 0 Å². The predicted molar refractivity (Wildman–Crippen MR) is 76.5 cm³/mol. The molecule has 2 rings (SSSR count). The first-order valence-electron chi connectivity index (χ1n) is 6.03. The Hall–Kier alpha value is -1.13. The molecule has 5 heteroatoms. The van der Waals surface area contributed by atoms with E-state index in [1.54, 1.807) is 14.2 Å². The van der Waals surface area contributed by atoms with E-state index in [-0.39, 0.29) is 12.4 Å². The molecule has 1 N–H and O–H groups in total. The van der Waals surface area contributed by atoms with Gasteiger partial charge in [-0.3, -0.25) is 0 Å². The van der Waals surface area contributed by atoms with Crippen LogP contribution in [0.15, 0.2) is 18.2 Å². The minimum atomic E-state index is 0. The van der Waals surface area contributed by atoms with Gasteiger partial charge in [-0.15, -0.1) is 12.4 Å². The van der Waals surface area contributed by atoms with Crippen molar-refractivity contribution in [3.63, 3.8) is 0 Å². The molecule has 18 heavy (non-hydrogen) atoms. The van der Waals surface area contributed by atoms with Crippen LogP contribution in [0.5, 0.6) is 11.5 Å². The van der Waals surface area contributed by atoms with Gasteiger partial charge in [0.15, 0.2) is 0 Å². The van der Waals surface area contributed by atoms with Gasteiger partial charge in [0.1, 0.15) is 11.5 Å². The molecule has 0 bridgehead atoms. The molecule has 4 nitrogen and oxygen atoms in total. The zero-order chi connectivity index (χ0) is 12.1. The molecule has 102 valence electrons. The third-order valence-corrected chi connectivity index (χ3v) is 3.07. The van der Waals surface area contributed by atoms with Crippen molar-refractivity contribution < 1.29 is 9.47 Å². The number of nitrogens with one attached hydrogen (secondary N) is 1. The van der Waals surface area contributed by atoms with E-state index in [9.17, 15) is 0 Å². The third-order valence-electron chi connectivity index (χ3n) is 3.07. The van der Waals surface area contributed by atoms with E-state index < -0.39 is 0 Å². The van der Waals surface area contributed by atoms with Gasteiger partial charge in [-0.05, 0) is 25.1 Å². The Kier molecular flexibility index (Phi) is 6.09. The summed E-state index contributed by atoms with van der Waals surface area (Å²) < 4.78 is 10.7. The van der Waals surface area contributed by atoms with Gasteiger partial charge < -0.3 is 19.7 Å². The normalized spacial score (nSPS) is 15.6. The van der Waals surface area contributed by atoms with Crippen molar-refractivity contribution in [1.29, 1.82) is 0 Å². The highest BCUT2D eigenvalue weighted by atomic mass is 35.5. The number of anilines is 1. The second-order valence-corrected chi connectivity index (χ2v) is 4.13. The first kappa shape index (κ1) is 14.9. The van der Waals surface area contributed by atoms with Crippen LogP contribution < -0.4 is 19.7 Å². The third kappa shape index (κ3) is 3.43. The number of ether oxygens (including phenoxy) is 2. The Morgan fingerprint density at radius 2 is 1.94 bits per heavy atom. The Labute approximate surface area is 115 Å². The van der Waals surface area contributed by atoms with Gasteiger partial charge in [0.05, 0.1) is 19.9 Å². The molecular formula is C13H21ClN2O2. The minimum absolute atomic E-state index is 0. The fraction of sp³-hybridized carbons (Fsp3) is 0.538. The van der Waals surface area contributed by atoms with E-state index in [0.29, 0.717) is 0 Å². The highest BCUT2D eigenvalue weighted by Crippen LogP contribution is 2.32. The summed E-state index contributed by atoms with van der Waals surface area (Å²) >= 11 is 0. The van der Waals surface area contributed by atoms with E-state index in [0.717, 1.165) is 49.8 Å². The Balaban J connectivity index is 0.00000162. The lowest BCUT2D eigenvalue weighted by atomic mass is 10.2. The molecule has 1 heterocycles. The first-order valence-corrected chi connectivity index (χ1v) is 6.03. The topological polar surface area (TPSA) is 33.7 Å². The Bertz CT molecular complexity index is 366. The molecule has 0 radical (unpaired) electrons. The molecule has 1 fully saturated rings. The zero-order valence-corrected chi connectivity index (χ0v) is 11.8. The maximum atomic E-state index is 5.44. The number of benzene rings is 1. The van der Waals surface area contributed by atoms with Crippen molar-refractivity contribution >= 4 is 18.1 Å². The summed E-state index contributed by atoms with van der Waals surface area (Å²) in [5.41, 5.74) is 1.15. The van der Waals surface area contributed by atoms with E-state index in [2.05, 4.69) is 16.3 Å². The summed E-state index contributed by atoms with van der Waals surface area (Å²) in [5.74, 6) is 1.71. The lowest BCUT2D eigenvalue weighted by molar-refractivity contribution is 0.394. The second kappa shape index (κ2) is 7.34. The van der Waals surface area contributed by atoms with Gasteiger partial charge in [0.2, 0.25) is 0 Å². The van der Waals surface area contributed by atoms with Crippen LogP contribution in [0, 0.1) is 0 Å². The minimum Gasteiger partial charge on any atom is -0.497 e. The summed E-state index contributed by atoms with van der Waals surface area (Å²) in [7, 11) is 3.37. The lowest BCUT2D eigenvalue weighted by Gasteiger charge is -2.24. The van der Waals surface area contributed by atoms with Gasteiger partial charge in [0, 0.05) is 25.7 Å². The Morgan fingerprint density at radius 1 is 1.11 bits per heavy atom. The van der Waals surface area contributed by atoms with E-state index in [4.69, 9.17) is 9.47 Å². The summed E-state index contributed by atoms with van der Waals surface area (Å²) in [4.78, 5) is 2.36. The summed E-state index contributed by atoms with van der Waals surface area (Å²) in [6, 6.07) is 5.99. The van der Waals surface area contributed by atoms with Crippen LogP contribution in [0.1, 0.15) is 6.42 Å². The fourth-order valence-electron chi connectivity index (χ4n) is 2.13. The van der Waals surface area contributed by atoms with Crippen molar-refractivity contribution in [2.75, 3.05) is 45.3 Å². The predicted octanol–water partition coefficient (Wildman–Crippen LogP) is 1.93. The summed E-state index contributed by atoms with van der Waals surface area (Å²) in [6.45, 7) is 4.20. The highest BCUT2D eigenvalue weighted by Gasteiger charge is 2.14. The number of rotatable bonds is 3. The van der Waals surface area contributed by atoms with Crippen LogP contribution in [0.3, 0.4) is 0 Å². The molecule has 0 aliphatic carbocycles. The molecule has 1 aliphatic rings. The molecule has 0 atom stereocenters. The molecule has 1 saturated heterocycles. The molecule has 0 saturated carbocycles. The van der Waals surface area contributed by atoms with Crippen LogP contribution in [0.2, 0.25) is 0 Å². The summed E-state index contributed by atoms with van der Waals surface area (Å²) in [6.07, 6.45) is 1.16. The van der Waals surface area contributed by atoms with Crippen molar-refractivity contribution in [1.82, 2.24) is 5.32 Å². The maximum absolute atomic E-state index is 5.44. The van der Waals surface area contributed by atoms with E-state index in [1.807, 2.05) is 12.1 Å². The lowest BCUT2D eigenvalue weighted by Crippen LogP contribution is -2.28. The van der Waals surface area contributed by atoms with E-state index in [1.165, 1.54) is 0 Å². The maximum Gasteiger partial charge on any atom is 0.145 e. The van der Waals surface area contributed by atoms with Crippen LogP contribution in [0.25, 0.3) is 0 Å². The summed E-state index contributed by atoms with van der Waals surface area (Å²) in [5, 5.41) is 3.40. The quantitative estimate of drug-likeness (QED) is 0.912. The average molecular weight is 273 g/mol. The molecule has 0 aromatic heterocycles. The Morgan fingerprint density at radius 3 is 2.67 bits per heavy atom. The van der Waals surface area contributed by atoms with Gasteiger partial charge in [0.25, 0.3) is 0 Å². The van der Waals surface area contributed by atoms with Crippen molar-refractivity contribution in [2.45, 2.75) is 6.42 Å². The van der Waals surface area contributed by atoms with Crippen molar-refractivity contribution in [3.8, 4) is 11.5 Å². The second-order valence-electron chi connectivity index (χ2n) is 4.13. The number of hydrogen-bond acceptors (Lipinski definition) is 4. The smallest absolute Gasteiger partial charge is 0.145 e. The van der Waals surface area contributed by atoms with E-state index >= 15 is 0 Å². The fourth-order valence-corrected chi connectivity index (χ4v) is 2.13. The molecule has 1 aromatic carbocycles. The molecular weight excluding hydrogens is 252 g/mol. The van der Waals surface area contributed by atoms with Crippen LogP contribution in [-0.2, 0) is 0 Å². The highest BCUT2D eigenvalue weighted by molar-refractivity contribution is 5.85. The number of hydrogen-bond donors (Lipinski definition) is 1. The largest absolute Gasteiger partial charge is 0.497 e.